The lowest BCUT2D eigenvalue weighted by Gasteiger charge is -2.08. The number of anilines is 2. The van der Waals surface area contributed by atoms with E-state index in [0.29, 0.717) is 10.7 Å². The summed E-state index contributed by atoms with van der Waals surface area (Å²) in [4.78, 5) is 9.72. The van der Waals surface area contributed by atoms with Crippen molar-refractivity contribution in [1.29, 1.82) is 0 Å². The van der Waals surface area contributed by atoms with Crippen LogP contribution in [-0.2, 0) is 10.1 Å². The van der Waals surface area contributed by atoms with Gasteiger partial charge in [0.2, 0.25) is 0 Å². The molecule has 0 amide bonds. The number of halogens is 1. The Labute approximate surface area is 125 Å². The van der Waals surface area contributed by atoms with Gasteiger partial charge in [-0.1, -0.05) is 11.6 Å². The van der Waals surface area contributed by atoms with Gasteiger partial charge in [0.05, 0.1) is 4.92 Å². The van der Waals surface area contributed by atoms with E-state index >= 15 is 0 Å². The van der Waals surface area contributed by atoms with Crippen LogP contribution in [-0.4, -0.2) is 17.9 Å². The molecule has 21 heavy (non-hydrogen) atoms. The third-order valence-electron chi connectivity index (χ3n) is 2.59. The first-order chi connectivity index (χ1) is 9.77. The topological polar surface area (TPSA) is 110 Å². The zero-order chi connectivity index (χ0) is 15.6. The summed E-state index contributed by atoms with van der Waals surface area (Å²) in [5.74, 6) is 0. The lowest BCUT2D eigenvalue weighted by molar-refractivity contribution is -0.384. The van der Waals surface area contributed by atoms with E-state index in [1.807, 2.05) is 0 Å². The summed E-state index contributed by atoms with van der Waals surface area (Å²) in [6.07, 6.45) is 0. The average molecular weight is 329 g/mol. The molecule has 2 rings (SSSR count). The fraction of sp³-hybridized carbons (Fsp3) is 0. The maximum Gasteiger partial charge on any atom is 0.294 e. The summed E-state index contributed by atoms with van der Waals surface area (Å²) < 4.78 is 30.9. The smallest absolute Gasteiger partial charge is 0.294 e. The Hall–Kier alpha value is -2.16. The highest BCUT2D eigenvalue weighted by Gasteiger charge is 2.19. The van der Waals surface area contributed by atoms with E-state index < -0.39 is 25.6 Å². The van der Waals surface area contributed by atoms with Crippen LogP contribution in [0.4, 0.5) is 17.1 Å². The van der Waals surface area contributed by atoms with E-state index in [1.54, 1.807) is 24.3 Å². The Morgan fingerprint density at radius 2 is 1.76 bits per heavy atom. The average Bonchev–Trinajstić information content (AvgIpc) is 2.40. The van der Waals surface area contributed by atoms with Gasteiger partial charge in [-0.25, -0.2) is 0 Å². The minimum absolute atomic E-state index is 0.0923. The lowest BCUT2D eigenvalue weighted by atomic mass is 10.2. The quantitative estimate of drug-likeness (QED) is 0.506. The van der Waals surface area contributed by atoms with E-state index in [2.05, 4.69) is 5.32 Å². The van der Waals surface area contributed by atoms with E-state index in [1.165, 1.54) is 6.07 Å². The second-order valence-electron chi connectivity index (χ2n) is 4.04. The van der Waals surface area contributed by atoms with Crippen LogP contribution in [0.25, 0.3) is 0 Å². The van der Waals surface area contributed by atoms with Gasteiger partial charge in [-0.3, -0.25) is 14.7 Å². The van der Waals surface area contributed by atoms with Crippen LogP contribution in [0, 0.1) is 10.1 Å². The first-order valence-corrected chi connectivity index (χ1v) is 7.38. The van der Waals surface area contributed by atoms with E-state index in [4.69, 9.17) is 16.2 Å². The van der Waals surface area contributed by atoms with Crippen molar-refractivity contribution in [3.63, 3.8) is 0 Å². The SMILES string of the molecule is O=[N+]([O-])c1cc(S(=O)(=O)O)ccc1Nc1ccc(Cl)cc1. The van der Waals surface area contributed by atoms with E-state index in [-0.39, 0.29) is 5.69 Å². The van der Waals surface area contributed by atoms with Gasteiger partial charge in [-0.05, 0) is 36.4 Å². The largest absolute Gasteiger partial charge is 0.350 e. The van der Waals surface area contributed by atoms with E-state index in [0.717, 1.165) is 12.1 Å². The zero-order valence-corrected chi connectivity index (χ0v) is 11.9. The number of rotatable bonds is 4. The van der Waals surface area contributed by atoms with Gasteiger partial charge >= 0.3 is 0 Å². The number of hydrogen-bond donors (Lipinski definition) is 2. The third-order valence-corrected chi connectivity index (χ3v) is 3.69. The summed E-state index contributed by atoms with van der Waals surface area (Å²) in [6.45, 7) is 0. The molecule has 0 saturated carbocycles. The lowest BCUT2D eigenvalue weighted by Crippen LogP contribution is -2.02. The minimum atomic E-state index is -4.50. The second-order valence-corrected chi connectivity index (χ2v) is 5.90. The molecular formula is C12H9ClN2O5S. The molecular weight excluding hydrogens is 320 g/mol. The van der Waals surface area contributed by atoms with Gasteiger partial charge in [-0.15, -0.1) is 0 Å². The number of hydrogen-bond acceptors (Lipinski definition) is 5. The van der Waals surface area contributed by atoms with Crippen LogP contribution < -0.4 is 5.32 Å². The highest BCUT2D eigenvalue weighted by Crippen LogP contribution is 2.30. The summed E-state index contributed by atoms with van der Waals surface area (Å²) in [7, 11) is -4.50. The van der Waals surface area contributed by atoms with Crippen molar-refractivity contribution in [2.45, 2.75) is 4.90 Å². The summed E-state index contributed by atoms with van der Waals surface area (Å²) in [6, 6.07) is 9.49. The van der Waals surface area contributed by atoms with Gasteiger partial charge in [0.25, 0.3) is 15.8 Å². The number of nitro benzene ring substituents is 1. The Balaban J connectivity index is 2.44. The predicted molar refractivity (Wildman–Crippen MR) is 77.6 cm³/mol. The van der Waals surface area contributed by atoms with Crippen molar-refractivity contribution in [2.24, 2.45) is 0 Å². The summed E-state index contributed by atoms with van der Waals surface area (Å²) >= 11 is 5.74. The molecule has 0 aromatic heterocycles. The molecule has 9 heteroatoms. The van der Waals surface area contributed by atoms with Crippen molar-refractivity contribution in [1.82, 2.24) is 0 Å². The number of nitrogens with zero attached hydrogens (tertiary/aromatic N) is 1. The maximum atomic E-state index is 11.0. The third kappa shape index (κ3) is 3.69. The van der Waals surface area contributed by atoms with Crippen LogP contribution in [0.5, 0.6) is 0 Å². The molecule has 0 unspecified atom stereocenters. The fourth-order valence-corrected chi connectivity index (χ4v) is 2.24. The first-order valence-electron chi connectivity index (χ1n) is 5.56. The van der Waals surface area contributed by atoms with Gasteiger partial charge < -0.3 is 5.32 Å². The minimum Gasteiger partial charge on any atom is -0.350 e. The Kier molecular flexibility index (Phi) is 4.12. The van der Waals surface area contributed by atoms with Crippen LogP contribution >= 0.6 is 11.6 Å². The molecule has 0 atom stereocenters. The Morgan fingerprint density at radius 1 is 1.14 bits per heavy atom. The molecule has 0 fully saturated rings. The van der Waals surface area contributed by atoms with Crippen molar-refractivity contribution in [3.8, 4) is 0 Å². The molecule has 0 spiro atoms. The molecule has 2 aromatic rings. The molecule has 0 aliphatic rings. The molecule has 0 heterocycles. The van der Waals surface area contributed by atoms with Gasteiger partial charge in [0, 0.05) is 16.8 Å². The summed E-state index contributed by atoms with van der Waals surface area (Å²) in [5, 5.41) is 14.3. The van der Waals surface area contributed by atoms with Crippen LogP contribution in [0.3, 0.4) is 0 Å². The van der Waals surface area contributed by atoms with Crippen LogP contribution in [0.15, 0.2) is 47.4 Å². The van der Waals surface area contributed by atoms with E-state index in [9.17, 15) is 18.5 Å². The zero-order valence-electron chi connectivity index (χ0n) is 10.4. The second kappa shape index (κ2) is 5.68. The Bertz CT molecular complexity index is 790. The molecule has 0 aliphatic heterocycles. The maximum absolute atomic E-state index is 11.0. The van der Waals surface area contributed by atoms with Gasteiger partial charge in [0.1, 0.15) is 10.6 Å². The predicted octanol–water partition coefficient (Wildman–Crippen LogP) is 3.24. The summed E-state index contributed by atoms with van der Waals surface area (Å²) in [5.41, 5.74) is 0.164. The standard InChI is InChI=1S/C12H9ClN2O5S/c13-8-1-3-9(4-2-8)14-11-6-5-10(21(18,19)20)7-12(11)15(16)17/h1-7,14H,(H,18,19,20). The molecule has 110 valence electrons. The van der Waals surface area contributed by atoms with Gasteiger partial charge in [-0.2, -0.15) is 8.42 Å². The molecule has 2 aromatic carbocycles. The van der Waals surface area contributed by atoms with Crippen LogP contribution in [0.1, 0.15) is 0 Å². The normalized spacial score (nSPS) is 11.1. The molecule has 7 nitrogen and oxygen atoms in total. The first kappa shape index (κ1) is 15.2. The van der Waals surface area contributed by atoms with Crippen molar-refractivity contribution < 1.29 is 17.9 Å². The van der Waals surface area contributed by atoms with Gasteiger partial charge in [0.15, 0.2) is 0 Å². The fourth-order valence-electron chi connectivity index (χ4n) is 1.62. The number of benzene rings is 2. The highest BCUT2D eigenvalue weighted by molar-refractivity contribution is 7.85. The molecule has 2 N–H and O–H groups in total. The molecule has 0 aliphatic carbocycles. The van der Waals surface area contributed by atoms with Crippen molar-refractivity contribution in [2.75, 3.05) is 5.32 Å². The Morgan fingerprint density at radius 3 is 2.29 bits per heavy atom. The highest BCUT2D eigenvalue weighted by atomic mass is 35.5. The van der Waals surface area contributed by atoms with Crippen LogP contribution in [0.2, 0.25) is 5.02 Å². The molecule has 0 bridgehead atoms. The molecule has 0 saturated heterocycles. The number of nitrogens with one attached hydrogen (secondary N) is 1. The number of nitro groups is 1. The monoisotopic (exact) mass is 328 g/mol. The molecule has 0 radical (unpaired) electrons. The van der Waals surface area contributed by atoms with Crippen molar-refractivity contribution >= 4 is 38.8 Å². The van der Waals surface area contributed by atoms with Crippen molar-refractivity contribution in [3.05, 3.63) is 57.6 Å².